The Morgan fingerprint density at radius 2 is 2.14 bits per heavy atom. The number of rotatable bonds is 2. The van der Waals surface area contributed by atoms with Crippen molar-refractivity contribution in [3.8, 4) is 11.8 Å². The minimum atomic E-state index is 0.221. The molecule has 0 bridgehead atoms. The highest BCUT2D eigenvalue weighted by Crippen LogP contribution is 2.39. The molecule has 1 aromatic carbocycles. The quantitative estimate of drug-likeness (QED) is 0.842. The number of phenolic OH excluding ortho intramolecular Hbond substituents is 1. The van der Waals surface area contributed by atoms with Crippen LogP contribution in [0.5, 0.6) is 5.75 Å². The van der Waals surface area contributed by atoms with Gasteiger partial charge in [0.1, 0.15) is 16.8 Å². The third-order valence-electron chi connectivity index (χ3n) is 3.77. The fourth-order valence-corrected chi connectivity index (χ4v) is 3.83. The van der Waals surface area contributed by atoms with Crippen LogP contribution in [0.3, 0.4) is 0 Å². The highest BCUT2D eigenvalue weighted by molar-refractivity contribution is 7.16. The van der Waals surface area contributed by atoms with Gasteiger partial charge in [-0.15, -0.1) is 11.3 Å². The summed E-state index contributed by atoms with van der Waals surface area (Å²) in [5.41, 5.74) is 3.59. The summed E-state index contributed by atoms with van der Waals surface area (Å²) in [5.74, 6) is 0.221. The van der Waals surface area contributed by atoms with E-state index in [1.165, 1.54) is 16.9 Å². The number of aliphatic imine (C=N–C) groups is 1. The highest BCUT2D eigenvalue weighted by Gasteiger charge is 2.20. The Balaban J connectivity index is 1.96. The number of hydrogen-bond donors (Lipinski definition) is 1. The molecule has 0 aliphatic heterocycles. The lowest BCUT2D eigenvalue weighted by Gasteiger charge is -2.09. The van der Waals surface area contributed by atoms with Crippen molar-refractivity contribution in [3.05, 3.63) is 45.3 Å². The van der Waals surface area contributed by atoms with Gasteiger partial charge in [0.25, 0.3) is 0 Å². The molecule has 4 heteroatoms. The first-order valence-electron chi connectivity index (χ1n) is 7.07. The van der Waals surface area contributed by atoms with Gasteiger partial charge in [-0.25, -0.2) is 4.99 Å². The maximum absolute atomic E-state index is 9.91. The zero-order valence-corrected chi connectivity index (χ0v) is 12.7. The minimum absolute atomic E-state index is 0.221. The predicted octanol–water partition coefficient (Wildman–Crippen LogP) is 4.26. The monoisotopic (exact) mass is 296 g/mol. The molecule has 3 rings (SSSR count). The van der Waals surface area contributed by atoms with Crippen molar-refractivity contribution in [2.75, 3.05) is 0 Å². The van der Waals surface area contributed by atoms with Gasteiger partial charge in [-0.1, -0.05) is 6.07 Å². The number of hydrogen-bond acceptors (Lipinski definition) is 4. The van der Waals surface area contributed by atoms with E-state index in [0.717, 1.165) is 35.4 Å². The molecule has 0 saturated heterocycles. The summed E-state index contributed by atoms with van der Waals surface area (Å²) in [6.45, 7) is 1.93. The first-order chi connectivity index (χ1) is 10.2. The summed E-state index contributed by atoms with van der Waals surface area (Å²) in [5, 5.41) is 20.1. The van der Waals surface area contributed by atoms with Crippen LogP contribution < -0.4 is 0 Å². The summed E-state index contributed by atoms with van der Waals surface area (Å²) < 4.78 is 0. The van der Waals surface area contributed by atoms with E-state index in [2.05, 4.69) is 11.1 Å². The first kappa shape index (κ1) is 13.8. The standard InChI is InChI=1S/C17H16N2OS/c1-11-6-7-12(15(20)8-11)10-19-17-14(9-18)13-4-2-3-5-16(13)21-17/h6-8,10,20H,2-5H2,1H3/b19-10+. The van der Waals surface area contributed by atoms with Gasteiger partial charge in [0, 0.05) is 16.7 Å². The van der Waals surface area contributed by atoms with Crippen LogP contribution >= 0.6 is 11.3 Å². The number of aryl methyl sites for hydroxylation is 2. The van der Waals surface area contributed by atoms with E-state index in [0.29, 0.717) is 5.56 Å². The van der Waals surface area contributed by atoms with E-state index in [4.69, 9.17) is 0 Å². The summed E-state index contributed by atoms with van der Waals surface area (Å²) in [7, 11) is 0. The van der Waals surface area contributed by atoms with Crippen molar-refractivity contribution in [3.63, 3.8) is 0 Å². The second kappa shape index (κ2) is 5.71. The van der Waals surface area contributed by atoms with Crippen molar-refractivity contribution in [1.29, 1.82) is 5.26 Å². The third kappa shape index (κ3) is 2.70. The molecule has 0 unspecified atom stereocenters. The summed E-state index contributed by atoms with van der Waals surface area (Å²) in [6, 6.07) is 7.79. The van der Waals surface area contributed by atoms with Gasteiger partial charge >= 0.3 is 0 Å². The fraction of sp³-hybridized carbons (Fsp3) is 0.294. The zero-order valence-electron chi connectivity index (χ0n) is 11.9. The van der Waals surface area contributed by atoms with E-state index in [1.54, 1.807) is 23.6 Å². The van der Waals surface area contributed by atoms with Crippen molar-refractivity contribution >= 4 is 22.6 Å². The molecule has 1 aliphatic rings. The van der Waals surface area contributed by atoms with Crippen LogP contribution in [0.2, 0.25) is 0 Å². The van der Waals surface area contributed by atoms with Gasteiger partial charge in [-0.3, -0.25) is 0 Å². The van der Waals surface area contributed by atoms with Crippen LogP contribution in [0.15, 0.2) is 23.2 Å². The van der Waals surface area contributed by atoms with Crippen LogP contribution in [0, 0.1) is 18.3 Å². The Hall–Kier alpha value is -2.12. The molecule has 3 nitrogen and oxygen atoms in total. The SMILES string of the molecule is Cc1ccc(/C=N/c2sc3c(c2C#N)CCCC3)c(O)c1. The summed E-state index contributed by atoms with van der Waals surface area (Å²) in [4.78, 5) is 5.76. The molecular formula is C17H16N2OS. The fourth-order valence-electron chi connectivity index (χ4n) is 2.65. The van der Waals surface area contributed by atoms with Gasteiger partial charge in [0.2, 0.25) is 0 Å². The number of phenols is 1. The third-order valence-corrected chi connectivity index (χ3v) is 4.97. The van der Waals surface area contributed by atoms with E-state index in [9.17, 15) is 10.4 Å². The smallest absolute Gasteiger partial charge is 0.134 e. The molecule has 106 valence electrons. The number of aromatic hydroxyl groups is 1. The van der Waals surface area contributed by atoms with Gasteiger partial charge in [-0.05, 0) is 55.9 Å². The van der Waals surface area contributed by atoms with E-state index in [1.807, 2.05) is 19.1 Å². The molecule has 1 aliphatic carbocycles. The Labute approximate surface area is 128 Å². The molecular weight excluding hydrogens is 280 g/mol. The molecule has 1 heterocycles. The van der Waals surface area contributed by atoms with Crippen molar-refractivity contribution in [1.82, 2.24) is 0 Å². The number of fused-ring (bicyclic) bond motifs is 1. The molecule has 0 spiro atoms. The van der Waals surface area contributed by atoms with Crippen LogP contribution in [0.4, 0.5) is 5.00 Å². The summed E-state index contributed by atoms with van der Waals surface area (Å²) >= 11 is 1.61. The normalized spacial score (nSPS) is 14.1. The number of thiophene rings is 1. The Morgan fingerprint density at radius 3 is 2.90 bits per heavy atom. The molecule has 0 fully saturated rings. The largest absolute Gasteiger partial charge is 0.507 e. The van der Waals surface area contributed by atoms with E-state index < -0.39 is 0 Å². The molecule has 21 heavy (non-hydrogen) atoms. The van der Waals surface area contributed by atoms with E-state index in [-0.39, 0.29) is 5.75 Å². The van der Waals surface area contributed by atoms with Gasteiger partial charge in [0.05, 0.1) is 5.56 Å². The van der Waals surface area contributed by atoms with Crippen LogP contribution in [-0.4, -0.2) is 11.3 Å². The van der Waals surface area contributed by atoms with Crippen molar-refractivity contribution < 1.29 is 5.11 Å². The Kier molecular flexibility index (Phi) is 3.76. The first-order valence-corrected chi connectivity index (χ1v) is 7.89. The Morgan fingerprint density at radius 1 is 1.33 bits per heavy atom. The lowest BCUT2D eigenvalue weighted by molar-refractivity contribution is 0.474. The maximum atomic E-state index is 9.91. The number of nitrogens with zero attached hydrogens (tertiary/aromatic N) is 2. The number of benzene rings is 1. The van der Waals surface area contributed by atoms with Crippen LogP contribution in [0.25, 0.3) is 0 Å². The predicted molar refractivity (Wildman–Crippen MR) is 85.8 cm³/mol. The van der Waals surface area contributed by atoms with E-state index >= 15 is 0 Å². The topological polar surface area (TPSA) is 56.4 Å². The maximum Gasteiger partial charge on any atom is 0.134 e. The zero-order chi connectivity index (χ0) is 14.8. The highest BCUT2D eigenvalue weighted by atomic mass is 32.1. The average Bonchev–Trinajstić information content (AvgIpc) is 2.83. The van der Waals surface area contributed by atoms with Gasteiger partial charge in [0.15, 0.2) is 0 Å². The van der Waals surface area contributed by atoms with Crippen LogP contribution in [0.1, 0.15) is 40.0 Å². The molecule has 1 N–H and O–H groups in total. The Bertz CT molecular complexity index is 753. The lowest BCUT2D eigenvalue weighted by atomic mass is 9.96. The summed E-state index contributed by atoms with van der Waals surface area (Å²) in [6.07, 6.45) is 6.04. The average molecular weight is 296 g/mol. The minimum Gasteiger partial charge on any atom is -0.507 e. The van der Waals surface area contributed by atoms with Crippen molar-refractivity contribution in [2.45, 2.75) is 32.6 Å². The van der Waals surface area contributed by atoms with Gasteiger partial charge < -0.3 is 5.11 Å². The van der Waals surface area contributed by atoms with Crippen LogP contribution in [-0.2, 0) is 12.8 Å². The molecule has 0 radical (unpaired) electrons. The molecule has 1 aromatic heterocycles. The second-order valence-corrected chi connectivity index (χ2v) is 6.41. The lowest BCUT2D eigenvalue weighted by Crippen LogP contribution is -1.99. The second-order valence-electron chi connectivity index (χ2n) is 5.32. The number of nitriles is 1. The molecule has 0 saturated carbocycles. The van der Waals surface area contributed by atoms with Crippen molar-refractivity contribution in [2.24, 2.45) is 4.99 Å². The molecule has 0 amide bonds. The molecule has 2 aromatic rings. The molecule has 0 atom stereocenters. The van der Waals surface area contributed by atoms with Gasteiger partial charge in [-0.2, -0.15) is 5.26 Å².